The van der Waals surface area contributed by atoms with Crippen molar-refractivity contribution >= 4 is 0 Å². The van der Waals surface area contributed by atoms with Gasteiger partial charge < -0.3 is 4.57 Å². The molecule has 0 N–H and O–H groups in total. The number of imidazole rings is 1. The van der Waals surface area contributed by atoms with Crippen LogP contribution in [-0.2, 0) is 19.4 Å². The van der Waals surface area contributed by atoms with Gasteiger partial charge in [-0.15, -0.1) is 0 Å². The van der Waals surface area contributed by atoms with Gasteiger partial charge in [-0.2, -0.15) is 0 Å². The van der Waals surface area contributed by atoms with E-state index in [1.807, 2.05) is 0 Å². The lowest BCUT2D eigenvalue weighted by Crippen LogP contribution is -1.98. The molecular formula is C19H28N2. The van der Waals surface area contributed by atoms with Gasteiger partial charge in [-0.1, -0.05) is 56.5 Å². The minimum absolute atomic E-state index is 1.08. The van der Waals surface area contributed by atoms with Crippen molar-refractivity contribution in [1.29, 1.82) is 0 Å². The Morgan fingerprint density at radius 2 is 1.76 bits per heavy atom. The van der Waals surface area contributed by atoms with Crippen LogP contribution in [0.1, 0.15) is 56.1 Å². The van der Waals surface area contributed by atoms with Gasteiger partial charge in [0.15, 0.2) is 0 Å². The molecule has 0 spiro atoms. The van der Waals surface area contributed by atoms with E-state index < -0.39 is 0 Å². The summed E-state index contributed by atoms with van der Waals surface area (Å²) >= 11 is 0. The van der Waals surface area contributed by atoms with Crippen LogP contribution in [0, 0.1) is 6.92 Å². The molecule has 0 atom stereocenters. The summed E-state index contributed by atoms with van der Waals surface area (Å²) in [6, 6.07) is 10.7. The standard InChI is InChI=1S/C19H28N2/c1-3-4-5-9-15-21-16-19(20-17(21)2)14-10-13-18-11-7-6-8-12-18/h6-8,11-12,16H,3-5,9-10,13-15H2,1-2H3. The molecule has 0 saturated heterocycles. The fourth-order valence-corrected chi connectivity index (χ4v) is 2.75. The summed E-state index contributed by atoms with van der Waals surface area (Å²) < 4.78 is 2.33. The van der Waals surface area contributed by atoms with E-state index in [1.54, 1.807) is 0 Å². The summed E-state index contributed by atoms with van der Waals surface area (Å²) in [5.74, 6) is 1.17. The topological polar surface area (TPSA) is 17.8 Å². The molecule has 0 aliphatic heterocycles. The van der Waals surface area contributed by atoms with Crippen LogP contribution in [0.15, 0.2) is 36.5 Å². The lowest BCUT2D eigenvalue weighted by atomic mass is 10.1. The van der Waals surface area contributed by atoms with Gasteiger partial charge in [-0.3, -0.25) is 0 Å². The molecule has 0 radical (unpaired) electrons. The highest BCUT2D eigenvalue weighted by atomic mass is 15.1. The van der Waals surface area contributed by atoms with Crippen LogP contribution in [0.25, 0.3) is 0 Å². The molecule has 0 aliphatic carbocycles. The van der Waals surface area contributed by atoms with E-state index in [-0.39, 0.29) is 0 Å². The predicted octanol–water partition coefficient (Wildman–Crippen LogP) is 4.95. The predicted molar refractivity (Wildman–Crippen MR) is 89.6 cm³/mol. The molecule has 0 aliphatic rings. The second-order valence-electron chi connectivity index (χ2n) is 5.87. The molecule has 0 unspecified atom stereocenters. The maximum atomic E-state index is 4.70. The summed E-state index contributed by atoms with van der Waals surface area (Å²) in [6.45, 7) is 5.51. The van der Waals surface area contributed by atoms with Crippen LogP contribution < -0.4 is 0 Å². The molecule has 1 heterocycles. The second-order valence-corrected chi connectivity index (χ2v) is 5.87. The van der Waals surface area contributed by atoms with E-state index in [0.717, 1.165) is 19.4 Å². The fraction of sp³-hybridized carbons (Fsp3) is 0.526. The number of aryl methyl sites for hydroxylation is 4. The first-order valence-electron chi connectivity index (χ1n) is 8.36. The number of unbranched alkanes of at least 4 members (excludes halogenated alkanes) is 3. The average Bonchev–Trinajstić information content (AvgIpc) is 2.85. The first-order valence-corrected chi connectivity index (χ1v) is 8.36. The SMILES string of the molecule is CCCCCCn1cc(CCCc2ccccc2)nc1C. The average molecular weight is 284 g/mol. The summed E-state index contributed by atoms with van der Waals surface area (Å²) in [5, 5.41) is 0. The number of hydrogen-bond acceptors (Lipinski definition) is 1. The molecule has 1 aromatic carbocycles. The smallest absolute Gasteiger partial charge is 0.105 e. The van der Waals surface area contributed by atoms with Crippen molar-refractivity contribution < 1.29 is 0 Å². The lowest BCUT2D eigenvalue weighted by Gasteiger charge is -2.03. The lowest BCUT2D eigenvalue weighted by molar-refractivity contribution is 0.573. The zero-order chi connectivity index (χ0) is 14.9. The number of rotatable bonds is 9. The number of benzene rings is 1. The molecule has 0 amide bonds. The Morgan fingerprint density at radius 3 is 2.52 bits per heavy atom. The maximum Gasteiger partial charge on any atom is 0.105 e. The van der Waals surface area contributed by atoms with Crippen LogP contribution in [0.2, 0.25) is 0 Å². The van der Waals surface area contributed by atoms with Crippen LogP contribution >= 0.6 is 0 Å². The summed E-state index contributed by atoms with van der Waals surface area (Å²) in [7, 11) is 0. The first-order chi connectivity index (χ1) is 10.3. The van der Waals surface area contributed by atoms with Crippen LogP contribution in [0.4, 0.5) is 0 Å². The Morgan fingerprint density at radius 1 is 0.952 bits per heavy atom. The Hall–Kier alpha value is -1.57. The minimum Gasteiger partial charge on any atom is -0.335 e. The highest BCUT2D eigenvalue weighted by molar-refractivity contribution is 5.15. The van der Waals surface area contributed by atoms with Crippen molar-refractivity contribution in [3.8, 4) is 0 Å². The van der Waals surface area contributed by atoms with Gasteiger partial charge in [0.25, 0.3) is 0 Å². The van der Waals surface area contributed by atoms with Gasteiger partial charge >= 0.3 is 0 Å². The fourth-order valence-electron chi connectivity index (χ4n) is 2.75. The normalized spacial score (nSPS) is 11.0. The number of hydrogen-bond donors (Lipinski definition) is 0. The van der Waals surface area contributed by atoms with Crippen molar-refractivity contribution in [3.05, 3.63) is 53.6 Å². The van der Waals surface area contributed by atoms with E-state index in [9.17, 15) is 0 Å². The van der Waals surface area contributed by atoms with Crippen molar-refractivity contribution in [1.82, 2.24) is 9.55 Å². The monoisotopic (exact) mass is 284 g/mol. The molecule has 21 heavy (non-hydrogen) atoms. The van der Waals surface area contributed by atoms with Gasteiger partial charge in [-0.05, 0) is 38.2 Å². The molecule has 2 heteroatoms. The van der Waals surface area contributed by atoms with Crippen molar-refractivity contribution in [2.24, 2.45) is 0 Å². The molecule has 0 fully saturated rings. The molecular weight excluding hydrogens is 256 g/mol. The molecule has 114 valence electrons. The van der Waals surface area contributed by atoms with Crippen LogP contribution in [-0.4, -0.2) is 9.55 Å². The van der Waals surface area contributed by atoms with E-state index in [2.05, 4.69) is 54.9 Å². The van der Waals surface area contributed by atoms with E-state index >= 15 is 0 Å². The number of aromatic nitrogens is 2. The van der Waals surface area contributed by atoms with Crippen molar-refractivity contribution in [2.75, 3.05) is 0 Å². The van der Waals surface area contributed by atoms with Gasteiger partial charge in [0.2, 0.25) is 0 Å². The third-order valence-corrected chi connectivity index (χ3v) is 4.02. The first kappa shape index (κ1) is 15.8. The molecule has 0 bridgehead atoms. The van der Waals surface area contributed by atoms with Crippen LogP contribution in [0.3, 0.4) is 0 Å². The van der Waals surface area contributed by atoms with Gasteiger partial charge in [0.1, 0.15) is 5.82 Å². The molecule has 0 saturated carbocycles. The third kappa shape index (κ3) is 5.37. The van der Waals surface area contributed by atoms with Gasteiger partial charge in [-0.25, -0.2) is 4.98 Å². The Labute approximate surface area is 129 Å². The zero-order valence-electron chi connectivity index (χ0n) is 13.5. The highest BCUT2D eigenvalue weighted by Gasteiger charge is 2.04. The maximum absolute atomic E-state index is 4.70. The second kappa shape index (κ2) is 8.66. The quantitative estimate of drug-likeness (QED) is 0.596. The van der Waals surface area contributed by atoms with Gasteiger partial charge in [0.05, 0.1) is 5.69 Å². The molecule has 2 aromatic rings. The Kier molecular flexibility index (Phi) is 6.52. The molecule has 1 aromatic heterocycles. The van der Waals surface area contributed by atoms with E-state index in [1.165, 1.54) is 49.2 Å². The van der Waals surface area contributed by atoms with Crippen LogP contribution in [0.5, 0.6) is 0 Å². The largest absolute Gasteiger partial charge is 0.335 e. The Bertz CT molecular complexity index is 514. The van der Waals surface area contributed by atoms with Crippen molar-refractivity contribution in [3.63, 3.8) is 0 Å². The third-order valence-electron chi connectivity index (χ3n) is 4.02. The van der Waals surface area contributed by atoms with Gasteiger partial charge in [0, 0.05) is 12.7 Å². The zero-order valence-corrected chi connectivity index (χ0v) is 13.5. The molecule has 2 rings (SSSR count). The summed E-state index contributed by atoms with van der Waals surface area (Å²) in [5.41, 5.74) is 2.67. The molecule has 2 nitrogen and oxygen atoms in total. The highest BCUT2D eigenvalue weighted by Crippen LogP contribution is 2.10. The summed E-state index contributed by atoms with van der Waals surface area (Å²) in [4.78, 5) is 4.70. The van der Waals surface area contributed by atoms with E-state index in [4.69, 9.17) is 4.98 Å². The minimum atomic E-state index is 1.08. The Balaban J connectivity index is 1.76. The number of nitrogens with zero attached hydrogens (tertiary/aromatic N) is 2. The van der Waals surface area contributed by atoms with Crippen molar-refractivity contribution in [2.45, 2.75) is 65.3 Å². The van der Waals surface area contributed by atoms with E-state index in [0.29, 0.717) is 0 Å². The summed E-state index contributed by atoms with van der Waals surface area (Å²) in [6.07, 6.45) is 10.9.